The maximum Gasteiger partial charge on any atom is 0.0713 e. The van der Waals surface area contributed by atoms with Crippen LogP contribution in [-0.2, 0) is 4.74 Å². The number of thioether (sulfide) groups is 1. The van der Waals surface area contributed by atoms with Gasteiger partial charge in [0, 0.05) is 19.2 Å². The Labute approximate surface area is 116 Å². The maximum atomic E-state index is 6.16. The van der Waals surface area contributed by atoms with Crippen LogP contribution in [-0.4, -0.2) is 36.3 Å². The van der Waals surface area contributed by atoms with Crippen LogP contribution in [0.4, 0.5) is 0 Å². The van der Waals surface area contributed by atoms with Gasteiger partial charge in [0.25, 0.3) is 0 Å². The molecule has 18 heavy (non-hydrogen) atoms. The molecule has 2 aliphatic heterocycles. The van der Waals surface area contributed by atoms with E-state index in [4.69, 9.17) is 4.74 Å². The molecule has 1 atom stereocenters. The fourth-order valence-electron chi connectivity index (χ4n) is 3.49. The fourth-order valence-corrected chi connectivity index (χ4v) is 4.72. The first-order valence-corrected chi connectivity index (χ1v) is 8.87. The van der Waals surface area contributed by atoms with E-state index in [-0.39, 0.29) is 5.60 Å². The van der Waals surface area contributed by atoms with Gasteiger partial charge in [-0.05, 0) is 61.9 Å². The van der Waals surface area contributed by atoms with Crippen molar-refractivity contribution in [2.75, 3.05) is 24.7 Å². The van der Waals surface area contributed by atoms with Gasteiger partial charge in [0.2, 0.25) is 0 Å². The van der Waals surface area contributed by atoms with Gasteiger partial charge in [0.15, 0.2) is 0 Å². The van der Waals surface area contributed by atoms with Crippen LogP contribution < -0.4 is 5.32 Å². The van der Waals surface area contributed by atoms with Crippen LogP contribution in [0.5, 0.6) is 0 Å². The van der Waals surface area contributed by atoms with E-state index in [1.54, 1.807) is 0 Å². The van der Waals surface area contributed by atoms with Crippen molar-refractivity contribution in [3.63, 3.8) is 0 Å². The monoisotopic (exact) mass is 269 g/mol. The topological polar surface area (TPSA) is 21.3 Å². The Hall–Kier alpha value is 0.270. The van der Waals surface area contributed by atoms with Crippen molar-refractivity contribution in [1.29, 1.82) is 0 Å². The van der Waals surface area contributed by atoms with Crippen molar-refractivity contribution in [2.24, 2.45) is 5.41 Å². The molecule has 1 unspecified atom stereocenters. The molecule has 0 aromatic carbocycles. The van der Waals surface area contributed by atoms with Crippen molar-refractivity contribution in [2.45, 2.75) is 63.5 Å². The zero-order valence-corrected chi connectivity index (χ0v) is 12.5. The highest BCUT2D eigenvalue weighted by molar-refractivity contribution is 7.99. The fraction of sp³-hybridized carbons (Fsp3) is 1.00. The lowest BCUT2D eigenvalue weighted by atomic mass is 9.85. The maximum absolute atomic E-state index is 6.16. The zero-order chi connectivity index (χ0) is 12.5. The molecule has 0 amide bonds. The summed E-state index contributed by atoms with van der Waals surface area (Å²) < 4.78 is 6.16. The summed E-state index contributed by atoms with van der Waals surface area (Å²) in [5, 5.41) is 3.86. The lowest BCUT2D eigenvalue weighted by Gasteiger charge is -2.43. The molecule has 1 aliphatic carbocycles. The molecule has 2 heterocycles. The van der Waals surface area contributed by atoms with Crippen molar-refractivity contribution >= 4 is 11.8 Å². The van der Waals surface area contributed by atoms with E-state index in [1.807, 2.05) is 0 Å². The summed E-state index contributed by atoms with van der Waals surface area (Å²) in [4.78, 5) is 0. The average Bonchev–Trinajstić information content (AvgIpc) is 3.18. The molecule has 1 spiro atoms. The van der Waals surface area contributed by atoms with E-state index in [1.165, 1.54) is 63.0 Å². The minimum Gasteiger partial charge on any atom is -0.375 e. The highest BCUT2D eigenvalue weighted by Crippen LogP contribution is 2.48. The molecular weight excluding hydrogens is 242 g/mol. The summed E-state index contributed by atoms with van der Waals surface area (Å²) >= 11 is 2.09. The largest absolute Gasteiger partial charge is 0.375 e. The second-order valence-corrected chi connectivity index (χ2v) is 7.79. The molecule has 0 radical (unpaired) electrons. The Balaban J connectivity index is 1.50. The van der Waals surface area contributed by atoms with Crippen LogP contribution in [0.1, 0.15) is 51.9 Å². The van der Waals surface area contributed by atoms with Gasteiger partial charge < -0.3 is 10.1 Å². The SMILES string of the molecule is CCC1(CNC2CCOC3(CCSCC3)C2)CC1. The van der Waals surface area contributed by atoms with Gasteiger partial charge in [-0.3, -0.25) is 0 Å². The third kappa shape index (κ3) is 2.88. The molecular formula is C15H27NOS. The van der Waals surface area contributed by atoms with E-state index in [9.17, 15) is 0 Å². The Morgan fingerprint density at radius 1 is 1.22 bits per heavy atom. The van der Waals surface area contributed by atoms with Gasteiger partial charge in [-0.2, -0.15) is 11.8 Å². The molecule has 3 rings (SSSR count). The van der Waals surface area contributed by atoms with Gasteiger partial charge >= 0.3 is 0 Å². The second-order valence-electron chi connectivity index (χ2n) is 6.57. The molecule has 3 fully saturated rings. The minimum atomic E-state index is 0.240. The predicted molar refractivity (Wildman–Crippen MR) is 78.2 cm³/mol. The van der Waals surface area contributed by atoms with Crippen LogP contribution in [0.3, 0.4) is 0 Å². The van der Waals surface area contributed by atoms with Crippen molar-refractivity contribution in [3.05, 3.63) is 0 Å². The minimum absolute atomic E-state index is 0.240. The molecule has 104 valence electrons. The Morgan fingerprint density at radius 2 is 2.00 bits per heavy atom. The first kappa shape index (κ1) is 13.3. The summed E-state index contributed by atoms with van der Waals surface area (Å²) in [7, 11) is 0. The number of ether oxygens (including phenoxy) is 1. The summed E-state index contributed by atoms with van der Waals surface area (Å²) in [6.45, 7) is 4.57. The van der Waals surface area contributed by atoms with Crippen LogP contribution in [0.2, 0.25) is 0 Å². The summed E-state index contributed by atoms with van der Waals surface area (Å²) in [6, 6.07) is 0.714. The van der Waals surface area contributed by atoms with Crippen LogP contribution in [0.25, 0.3) is 0 Å². The molecule has 0 bridgehead atoms. The van der Waals surface area contributed by atoms with Gasteiger partial charge in [-0.15, -0.1) is 0 Å². The molecule has 0 aromatic rings. The Bertz CT molecular complexity index is 279. The normalized spacial score (nSPS) is 33.5. The van der Waals surface area contributed by atoms with E-state index >= 15 is 0 Å². The molecule has 2 nitrogen and oxygen atoms in total. The quantitative estimate of drug-likeness (QED) is 0.847. The molecule has 3 aliphatic rings. The van der Waals surface area contributed by atoms with Gasteiger partial charge in [0.05, 0.1) is 5.60 Å². The molecule has 1 saturated carbocycles. The van der Waals surface area contributed by atoms with E-state index in [0.717, 1.165) is 6.61 Å². The number of hydrogen-bond donors (Lipinski definition) is 1. The lowest BCUT2D eigenvalue weighted by Crippen LogP contribution is -2.49. The highest BCUT2D eigenvalue weighted by Gasteiger charge is 2.42. The lowest BCUT2D eigenvalue weighted by molar-refractivity contribution is -0.0935. The smallest absolute Gasteiger partial charge is 0.0713 e. The summed E-state index contributed by atoms with van der Waals surface area (Å²) in [6.07, 6.45) is 9.26. The van der Waals surface area contributed by atoms with Crippen LogP contribution in [0.15, 0.2) is 0 Å². The average molecular weight is 269 g/mol. The second kappa shape index (κ2) is 5.34. The van der Waals surface area contributed by atoms with Gasteiger partial charge in [0.1, 0.15) is 0 Å². The summed E-state index contributed by atoms with van der Waals surface area (Å²) in [5.74, 6) is 2.59. The van der Waals surface area contributed by atoms with Crippen LogP contribution >= 0.6 is 11.8 Å². The van der Waals surface area contributed by atoms with Crippen molar-refractivity contribution < 1.29 is 4.74 Å². The standard InChI is InChI=1S/C15H27NOS/c1-2-14(4-5-14)12-16-13-3-8-17-15(11-13)6-9-18-10-7-15/h13,16H,2-12H2,1H3. The third-order valence-corrected chi connectivity index (χ3v) is 6.36. The third-order valence-electron chi connectivity index (χ3n) is 5.37. The first-order chi connectivity index (χ1) is 8.76. The van der Waals surface area contributed by atoms with E-state index in [2.05, 4.69) is 24.0 Å². The van der Waals surface area contributed by atoms with E-state index < -0.39 is 0 Å². The summed E-state index contributed by atoms with van der Waals surface area (Å²) in [5.41, 5.74) is 0.915. The first-order valence-electron chi connectivity index (χ1n) is 7.71. The number of rotatable bonds is 4. The Morgan fingerprint density at radius 3 is 2.67 bits per heavy atom. The van der Waals surface area contributed by atoms with Gasteiger partial charge in [-0.25, -0.2) is 0 Å². The van der Waals surface area contributed by atoms with E-state index in [0.29, 0.717) is 11.5 Å². The molecule has 0 aromatic heterocycles. The molecule has 2 saturated heterocycles. The zero-order valence-electron chi connectivity index (χ0n) is 11.7. The van der Waals surface area contributed by atoms with Crippen LogP contribution in [0, 0.1) is 5.41 Å². The molecule has 3 heteroatoms. The molecule has 1 N–H and O–H groups in total. The Kier molecular flexibility index (Phi) is 3.93. The van der Waals surface area contributed by atoms with Crippen molar-refractivity contribution in [3.8, 4) is 0 Å². The predicted octanol–water partition coefficient (Wildman–Crippen LogP) is 3.21. The highest BCUT2D eigenvalue weighted by atomic mass is 32.2. The number of hydrogen-bond acceptors (Lipinski definition) is 3. The number of nitrogens with one attached hydrogen (secondary N) is 1. The van der Waals surface area contributed by atoms with Crippen molar-refractivity contribution in [1.82, 2.24) is 5.32 Å². The van der Waals surface area contributed by atoms with Gasteiger partial charge in [-0.1, -0.05) is 6.92 Å².